The molecule has 1 saturated heterocycles. The fourth-order valence-corrected chi connectivity index (χ4v) is 1.97. The molecular formula is C12H18N6O2. The van der Waals surface area contributed by atoms with Gasteiger partial charge in [0.1, 0.15) is 0 Å². The maximum Gasteiger partial charge on any atom is 0.324 e. The van der Waals surface area contributed by atoms with Gasteiger partial charge in [0.05, 0.1) is 17.9 Å². The highest BCUT2D eigenvalue weighted by atomic mass is 16.2. The minimum Gasteiger partial charge on any atom is -0.351 e. The molecule has 20 heavy (non-hydrogen) atoms. The van der Waals surface area contributed by atoms with Crippen LogP contribution in [0.2, 0.25) is 0 Å². The monoisotopic (exact) mass is 278 g/mol. The van der Waals surface area contributed by atoms with E-state index in [1.165, 1.54) is 4.90 Å². The number of carbonyl (C=O) groups excluding carboxylic acids is 2. The molecule has 0 aromatic carbocycles. The van der Waals surface area contributed by atoms with E-state index in [9.17, 15) is 9.59 Å². The number of rotatable bonds is 6. The zero-order chi connectivity index (χ0) is 14.5. The van der Waals surface area contributed by atoms with Crippen LogP contribution < -0.4 is 10.6 Å². The van der Waals surface area contributed by atoms with Gasteiger partial charge in [0, 0.05) is 13.1 Å². The third-order valence-corrected chi connectivity index (χ3v) is 3.06. The lowest BCUT2D eigenvalue weighted by Gasteiger charge is -2.13. The van der Waals surface area contributed by atoms with Crippen LogP contribution in [0.1, 0.15) is 25.2 Å². The number of nitrogens with zero attached hydrogens (tertiary/aromatic N) is 4. The smallest absolute Gasteiger partial charge is 0.324 e. The van der Waals surface area contributed by atoms with Gasteiger partial charge in [-0.15, -0.1) is 5.10 Å². The zero-order valence-electron chi connectivity index (χ0n) is 11.6. The molecule has 1 aliphatic heterocycles. The molecule has 2 N–H and O–H groups in total. The molecule has 0 spiro atoms. The first kappa shape index (κ1) is 14.2. The Bertz CT molecular complexity index is 503. The summed E-state index contributed by atoms with van der Waals surface area (Å²) in [7, 11) is 0. The summed E-state index contributed by atoms with van der Waals surface area (Å²) in [5, 5.41) is 13.5. The standard InChI is InChI=1S/C12H18N6O2/c1-3-8-9(4-2)16-17-11(15-8)13-5-6-18-10(19)7-14-12(18)20/h3-7H2,1-2H3,(H,14,20)(H,13,15,17). The second-order valence-corrected chi connectivity index (χ2v) is 4.37. The fraction of sp³-hybridized carbons (Fsp3) is 0.583. The fourth-order valence-electron chi connectivity index (χ4n) is 1.97. The number of carbonyl (C=O) groups is 2. The van der Waals surface area contributed by atoms with Crippen LogP contribution in [-0.2, 0) is 17.6 Å². The van der Waals surface area contributed by atoms with E-state index in [1.54, 1.807) is 0 Å². The lowest BCUT2D eigenvalue weighted by Crippen LogP contribution is -2.35. The average molecular weight is 278 g/mol. The molecule has 2 heterocycles. The van der Waals surface area contributed by atoms with E-state index in [0.29, 0.717) is 12.5 Å². The highest BCUT2D eigenvalue weighted by Gasteiger charge is 2.27. The van der Waals surface area contributed by atoms with Crippen LogP contribution in [0.15, 0.2) is 0 Å². The van der Waals surface area contributed by atoms with Gasteiger partial charge in [-0.25, -0.2) is 9.78 Å². The molecule has 0 bridgehead atoms. The first-order valence-electron chi connectivity index (χ1n) is 6.70. The third kappa shape index (κ3) is 3.01. The van der Waals surface area contributed by atoms with E-state index in [-0.39, 0.29) is 25.0 Å². The molecule has 8 nitrogen and oxygen atoms in total. The molecule has 2 rings (SSSR count). The van der Waals surface area contributed by atoms with Crippen LogP contribution in [0.25, 0.3) is 0 Å². The molecule has 3 amide bonds. The normalized spacial score (nSPS) is 14.6. The van der Waals surface area contributed by atoms with Crippen molar-refractivity contribution in [3.05, 3.63) is 11.4 Å². The predicted octanol–water partition coefficient (Wildman–Crippen LogP) is -0.0399. The van der Waals surface area contributed by atoms with E-state index in [1.807, 2.05) is 13.8 Å². The van der Waals surface area contributed by atoms with Gasteiger partial charge >= 0.3 is 6.03 Å². The summed E-state index contributed by atoms with van der Waals surface area (Å²) in [4.78, 5) is 28.3. The molecule has 1 fully saturated rings. The number of aromatic nitrogens is 3. The van der Waals surface area contributed by atoms with Gasteiger partial charge in [-0.1, -0.05) is 13.8 Å². The first-order valence-corrected chi connectivity index (χ1v) is 6.70. The molecule has 0 radical (unpaired) electrons. The second kappa shape index (κ2) is 6.27. The minimum absolute atomic E-state index is 0.0715. The zero-order valence-corrected chi connectivity index (χ0v) is 11.6. The summed E-state index contributed by atoms with van der Waals surface area (Å²) >= 11 is 0. The third-order valence-electron chi connectivity index (χ3n) is 3.06. The quantitative estimate of drug-likeness (QED) is 0.708. The predicted molar refractivity (Wildman–Crippen MR) is 72.2 cm³/mol. The molecule has 0 aliphatic carbocycles. The van der Waals surface area contributed by atoms with Crippen molar-refractivity contribution in [2.24, 2.45) is 0 Å². The van der Waals surface area contributed by atoms with Gasteiger partial charge in [0.15, 0.2) is 0 Å². The highest BCUT2D eigenvalue weighted by molar-refractivity contribution is 6.01. The number of urea groups is 1. The molecular weight excluding hydrogens is 260 g/mol. The number of hydrogen-bond acceptors (Lipinski definition) is 6. The summed E-state index contributed by atoms with van der Waals surface area (Å²) in [5.41, 5.74) is 1.81. The minimum atomic E-state index is -0.355. The Balaban J connectivity index is 1.91. The van der Waals surface area contributed by atoms with Crippen molar-refractivity contribution in [2.75, 3.05) is 25.0 Å². The van der Waals surface area contributed by atoms with E-state index in [0.717, 1.165) is 24.2 Å². The van der Waals surface area contributed by atoms with Gasteiger partial charge < -0.3 is 10.6 Å². The Kier molecular flexibility index (Phi) is 4.44. The summed E-state index contributed by atoms with van der Waals surface area (Å²) in [5.74, 6) is 0.206. The topological polar surface area (TPSA) is 100 Å². The van der Waals surface area contributed by atoms with Gasteiger partial charge in [-0.3, -0.25) is 9.69 Å². The highest BCUT2D eigenvalue weighted by Crippen LogP contribution is 2.06. The molecule has 108 valence electrons. The number of anilines is 1. The van der Waals surface area contributed by atoms with Crippen molar-refractivity contribution in [3.8, 4) is 0 Å². The Morgan fingerprint density at radius 3 is 2.55 bits per heavy atom. The lowest BCUT2D eigenvalue weighted by molar-refractivity contribution is -0.124. The Morgan fingerprint density at radius 2 is 1.95 bits per heavy atom. The Labute approximate surface area is 117 Å². The van der Waals surface area contributed by atoms with E-state index >= 15 is 0 Å². The molecule has 0 atom stereocenters. The number of nitrogens with one attached hydrogen (secondary N) is 2. The number of imide groups is 1. The summed E-state index contributed by atoms with van der Waals surface area (Å²) < 4.78 is 0. The van der Waals surface area contributed by atoms with Crippen LogP contribution in [0.3, 0.4) is 0 Å². The molecule has 1 aliphatic rings. The van der Waals surface area contributed by atoms with Crippen molar-refractivity contribution in [2.45, 2.75) is 26.7 Å². The van der Waals surface area contributed by atoms with E-state index < -0.39 is 0 Å². The van der Waals surface area contributed by atoms with Gasteiger partial charge in [0.2, 0.25) is 11.9 Å². The van der Waals surface area contributed by atoms with Gasteiger partial charge in [0.25, 0.3) is 0 Å². The molecule has 1 aromatic rings. The second-order valence-electron chi connectivity index (χ2n) is 4.37. The lowest BCUT2D eigenvalue weighted by atomic mass is 10.2. The van der Waals surface area contributed by atoms with Crippen molar-refractivity contribution in [1.82, 2.24) is 25.4 Å². The van der Waals surface area contributed by atoms with Crippen molar-refractivity contribution < 1.29 is 9.59 Å². The number of amides is 3. The van der Waals surface area contributed by atoms with E-state index in [4.69, 9.17) is 0 Å². The maximum absolute atomic E-state index is 11.4. The molecule has 0 unspecified atom stereocenters. The number of hydrogen-bond donors (Lipinski definition) is 2. The van der Waals surface area contributed by atoms with Crippen LogP contribution in [0, 0.1) is 0 Å². The SMILES string of the molecule is CCc1nnc(NCCN2C(=O)CNC2=O)nc1CC. The Hall–Kier alpha value is -2.25. The summed E-state index contributed by atoms with van der Waals surface area (Å²) in [6, 6.07) is -0.355. The van der Waals surface area contributed by atoms with Crippen molar-refractivity contribution in [3.63, 3.8) is 0 Å². The molecule has 0 saturated carbocycles. The van der Waals surface area contributed by atoms with Crippen molar-refractivity contribution in [1.29, 1.82) is 0 Å². The first-order chi connectivity index (χ1) is 9.65. The average Bonchev–Trinajstić information content (AvgIpc) is 2.78. The molecule has 1 aromatic heterocycles. The van der Waals surface area contributed by atoms with Crippen LogP contribution in [-0.4, -0.2) is 51.7 Å². The number of aryl methyl sites for hydroxylation is 2. The van der Waals surface area contributed by atoms with Crippen LogP contribution >= 0.6 is 0 Å². The summed E-state index contributed by atoms with van der Waals surface area (Å²) in [6.45, 7) is 4.78. The van der Waals surface area contributed by atoms with Crippen LogP contribution in [0.4, 0.5) is 10.7 Å². The maximum atomic E-state index is 11.4. The van der Waals surface area contributed by atoms with Crippen LogP contribution in [0.5, 0.6) is 0 Å². The van der Waals surface area contributed by atoms with Crippen molar-refractivity contribution >= 4 is 17.9 Å². The Morgan fingerprint density at radius 1 is 1.20 bits per heavy atom. The van der Waals surface area contributed by atoms with Gasteiger partial charge in [-0.2, -0.15) is 5.10 Å². The molecule has 8 heteroatoms. The van der Waals surface area contributed by atoms with Gasteiger partial charge in [-0.05, 0) is 12.8 Å². The van der Waals surface area contributed by atoms with E-state index in [2.05, 4.69) is 25.8 Å². The largest absolute Gasteiger partial charge is 0.351 e. The summed E-state index contributed by atoms with van der Waals surface area (Å²) in [6.07, 6.45) is 1.59.